The summed E-state index contributed by atoms with van der Waals surface area (Å²) in [5.41, 5.74) is 2.31. The minimum atomic E-state index is 0.241. The number of aromatic nitrogens is 4. The van der Waals surface area contributed by atoms with E-state index >= 15 is 0 Å². The number of piperazine rings is 1. The van der Waals surface area contributed by atoms with E-state index in [0.717, 1.165) is 56.3 Å². The molecule has 0 saturated carbocycles. The van der Waals surface area contributed by atoms with Crippen LogP contribution in [-0.2, 0) is 6.54 Å². The maximum atomic E-state index is 9.02. The van der Waals surface area contributed by atoms with Gasteiger partial charge in [-0.25, -0.2) is 4.98 Å². The molecule has 0 aromatic carbocycles. The van der Waals surface area contributed by atoms with Gasteiger partial charge in [0.05, 0.1) is 0 Å². The smallest absolute Gasteiger partial charge is 0.152 e. The highest BCUT2D eigenvalue weighted by atomic mass is 16.3. The standard InChI is InChI=1S/C19H24BN7O/c20-16-14-23-27-17(22-13-15-3-1-4-21-12-15)11-18(24-19(16)27)26-8-6-25(7-9-26)5-2-10-28/h1,3-4,11-12,14,22,28H,2,5-10,13H2. The van der Waals surface area contributed by atoms with Crippen LogP contribution in [0.15, 0.2) is 36.8 Å². The summed E-state index contributed by atoms with van der Waals surface area (Å²) < 4.78 is 1.74. The molecule has 1 aliphatic heterocycles. The van der Waals surface area contributed by atoms with Crippen LogP contribution in [0, 0.1) is 0 Å². The van der Waals surface area contributed by atoms with Crippen LogP contribution in [-0.4, -0.2) is 76.8 Å². The molecule has 4 heterocycles. The van der Waals surface area contributed by atoms with Gasteiger partial charge in [0.1, 0.15) is 19.5 Å². The van der Waals surface area contributed by atoms with Crippen molar-refractivity contribution in [2.75, 3.05) is 49.5 Å². The first-order valence-electron chi connectivity index (χ1n) is 9.60. The first-order chi connectivity index (χ1) is 13.7. The van der Waals surface area contributed by atoms with Crippen molar-refractivity contribution in [3.8, 4) is 0 Å². The third-order valence-corrected chi connectivity index (χ3v) is 5.01. The second kappa shape index (κ2) is 8.58. The molecule has 0 amide bonds. The SMILES string of the molecule is [B]c1cnn2c(NCc3cccnc3)cc(N3CCN(CCCO)CC3)nc12. The molecule has 3 aromatic rings. The highest BCUT2D eigenvalue weighted by Gasteiger charge is 2.19. The highest BCUT2D eigenvalue weighted by Crippen LogP contribution is 2.20. The number of nitrogens with zero attached hydrogens (tertiary/aromatic N) is 6. The first-order valence-corrected chi connectivity index (χ1v) is 9.60. The molecule has 0 aliphatic carbocycles. The second-order valence-electron chi connectivity index (χ2n) is 6.96. The van der Waals surface area contributed by atoms with Crippen LogP contribution in [0.2, 0.25) is 0 Å². The molecule has 144 valence electrons. The largest absolute Gasteiger partial charge is 0.396 e. The number of anilines is 2. The Kier molecular flexibility index (Phi) is 5.73. The van der Waals surface area contributed by atoms with Crippen LogP contribution in [0.25, 0.3) is 5.65 Å². The highest BCUT2D eigenvalue weighted by molar-refractivity contribution is 6.36. The Hall–Kier alpha value is -2.65. The zero-order valence-electron chi connectivity index (χ0n) is 15.8. The van der Waals surface area contributed by atoms with Crippen LogP contribution in [0.4, 0.5) is 11.6 Å². The van der Waals surface area contributed by atoms with Crippen molar-refractivity contribution in [2.45, 2.75) is 13.0 Å². The fraction of sp³-hybridized carbons (Fsp3) is 0.421. The lowest BCUT2D eigenvalue weighted by Gasteiger charge is -2.35. The van der Waals surface area contributed by atoms with E-state index in [1.54, 1.807) is 16.9 Å². The van der Waals surface area contributed by atoms with E-state index in [2.05, 4.69) is 25.2 Å². The minimum absolute atomic E-state index is 0.241. The van der Waals surface area contributed by atoms with Gasteiger partial charge in [-0.3, -0.25) is 9.88 Å². The summed E-state index contributed by atoms with van der Waals surface area (Å²) in [5.74, 6) is 1.75. The van der Waals surface area contributed by atoms with E-state index < -0.39 is 0 Å². The van der Waals surface area contributed by atoms with Crippen molar-refractivity contribution >= 4 is 30.6 Å². The third kappa shape index (κ3) is 4.10. The lowest BCUT2D eigenvalue weighted by molar-refractivity contribution is 0.215. The van der Waals surface area contributed by atoms with Crippen LogP contribution >= 0.6 is 0 Å². The molecule has 9 heteroatoms. The number of aliphatic hydroxyl groups excluding tert-OH is 1. The van der Waals surface area contributed by atoms with Crippen molar-refractivity contribution < 1.29 is 5.11 Å². The van der Waals surface area contributed by atoms with Crippen molar-refractivity contribution in [3.05, 3.63) is 42.4 Å². The molecule has 3 aromatic heterocycles. The molecule has 2 radical (unpaired) electrons. The average Bonchev–Trinajstić information content (AvgIpc) is 3.12. The molecule has 0 bridgehead atoms. The monoisotopic (exact) mass is 377 g/mol. The Morgan fingerprint density at radius 1 is 1.18 bits per heavy atom. The lowest BCUT2D eigenvalue weighted by atomic mass is 10.0. The molecule has 0 spiro atoms. The molecular weight excluding hydrogens is 353 g/mol. The van der Waals surface area contributed by atoms with E-state index in [9.17, 15) is 0 Å². The van der Waals surface area contributed by atoms with Gasteiger partial charge in [0.25, 0.3) is 0 Å². The number of nitrogens with one attached hydrogen (secondary N) is 1. The Morgan fingerprint density at radius 3 is 2.79 bits per heavy atom. The van der Waals surface area contributed by atoms with Crippen LogP contribution < -0.4 is 15.7 Å². The minimum Gasteiger partial charge on any atom is -0.396 e. The Labute approximate surface area is 165 Å². The predicted octanol–water partition coefficient (Wildman–Crippen LogP) is 0.0346. The topological polar surface area (TPSA) is 81.8 Å². The number of hydrogen-bond donors (Lipinski definition) is 2. The second-order valence-corrected chi connectivity index (χ2v) is 6.96. The van der Waals surface area contributed by atoms with Gasteiger partial charge in [-0.1, -0.05) is 6.07 Å². The number of aliphatic hydroxyl groups is 1. The summed E-state index contributed by atoms with van der Waals surface area (Å²) in [6.45, 7) is 5.52. The lowest BCUT2D eigenvalue weighted by Crippen LogP contribution is -2.47. The van der Waals surface area contributed by atoms with Crippen LogP contribution in [0.3, 0.4) is 0 Å². The number of fused-ring (bicyclic) bond motifs is 1. The van der Waals surface area contributed by atoms with Gasteiger partial charge in [-0.2, -0.15) is 9.61 Å². The molecule has 1 aliphatic rings. The molecule has 8 nitrogen and oxygen atoms in total. The maximum absolute atomic E-state index is 9.02. The molecule has 4 rings (SSSR count). The maximum Gasteiger partial charge on any atom is 0.152 e. The van der Waals surface area contributed by atoms with Crippen molar-refractivity contribution in [1.29, 1.82) is 0 Å². The van der Waals surface area contributed by atoms with E-state index in [1.807, 2.05) is 24.4 Å². The molecular formula is C19H24BN7O. The molecule has 0 unspecified atom stereocenters. The summed E-state index contributed by atoms with van der Waals surface area (Å²) in [6, 6.07) is 5.98. The summed E-state index contributed by atoms with van der Waals surface area (Å²) in [6.07, 6.45) is 6.06. The van der Waals surface area contributed by atoms with Gasteiger partial charge in [-0.15, -0.1) is 0 Å². The number of pyridine rings is 1. The van der Waals surface area contributed by atoms with Crippen LogP contribution in [0.1, 0.15) is 12.0 Å². The molecule has 2 N–H and O–H groups in total. The van der Waals surface area contributed by atoms with Crippen molar-refractivity contribution in [1.82, 2.24) is 24.5 Å². The van der Waals surface area contributed by atoms with E-state index in [-0.39, 0.29) is 6.61 Å². The molecule has 1 saturated heterocycles. The molecule has 0 atom stereocenters. The van der Waals surface area contributed by atoms with Gasteiger partial charge < -0.3 is 15.3 Å². The Balaban J connectivity index is 1.53. The van der Waals surface area contributed by atoms with Crippen LogP contribution in [0.5, 0.6) is 0 Å². The van der Waals surface area contributed by atoms with Gasteiger partial charge in [0.2, 0.25) is 0 Å². The predicted molar refractivity (Wildman–Crippen MR) is 110 cm³/mol. The quantitative estimate of drug-likeness (QED) is 0.563. The first kappa shape index (κ1) is 18.7. The zero-order valence-corrected chi connectivity index (χ0v) is 15.8. The Morgan fingerprint density at radius 2 is 2.04 bits per heavy atom. The zero-order chi connectivity index (χ0) is 19.3. The fourth-order valence-electron chi connectivity index (χ4n) is 3.45. The molecule has 1 fully saturated rings. The van der Waals surface area contributed by atoms with Gasteiger partial charge in [0.15, 0.2) is 5.65 Å². The fourth-order valence-corrected chi connectivity index (χ4v) is 3.45. The van der Waals surface area contributed by atoms with Crippen molar-refractivity contribution in [2.24, 2.45) is 0 Å². The summed E-state index contributed by atoms with van der Waals surface area (Å²) in [7, 11) is 6.09. The van der Waals surface area contributed by atoms with E-state index in [0.29, 0.717) is 17.7 Å². The number of hydrogen-bond acceptors (Lipinski definition) is 7. The summed E-state index contributed by atoms with van der Waals surface area (Å²) >= 11 is 0. The van der Waals surface area contributed by atoms with E-state index in [1.165, 1.54) is 0 Å². The summed E-state index contributed by atoms with van der Waals surface area (Å²) in [4.78, 5) is 13.6. The molecule has 28 heavy (non-hydrogen) atoms. The third-order valence-electron chi connectivity index (χ3n) is 5.01. The Bertz CT molecular complexity index is 909. The van der Waals surface area contributed by atoms with E-state index in [4.69, 9.17) is 17.9 Å². The van der Waals surface area contributed by atoms with Crippen molar-refractivity contribution in [3.63, 3.8) is 0 Å². The number of rotatable bonds is 7. The van der Waals surface area contributed by atoms with Gasteiger partial charge in [0, 0.05) is 70.5 Å². The average molecular weight is 377 g/mol. The normalized spacial score (nSPS) is 15.2. The van der Waals surface area contributed by atoms with Gasteiger partial charge >= 0.3 is 0 Å². The summed E-state index contributed by atoms with van der Waals surface area (Å²) in [5, 5.41) is 16.8. The van der Waals surface area contributed by atoms with Gasteiger partial charge in [-0.05, 0) is 23.5 Å².